The topological polar surface area (TPSA) is 34.1 Å². The Labute approximate surface area is 99.4 Å². The van der Waals surface area contributed by atoms with Crippen LogP contribution in [0.15, 0.2) is 22.8 Å². The number of nitrogens with zero attached hydrogens (tertiary/aromatic N) is 1. The predicted octanol–water partition coefficient (Wildman–Crippen LogP) is 2.53. The maximum atomic E-state index is 5.25. The van der Waals surface area contributed by atoms with Crippen LogP contribution in [0.25, 0.3) is 0 Å². The summed E-state index contributed by atoms with van der Waals surface area (Å²) in [7, 11) is 0. The lowest BCUT2D eigenvalue weighted by Gasteiger charge is -2.13. The second kappa shape index (κ2) is 6.93. The lowest BCUT2D eigenvalue weighted by Crippen LogP contribution is -2.24. The number of aromatic nitrogens is 1. The molecule has 0 radical (unpaired) electrons. The van der Waals surface area contributed by atoms with E-state index in [2.05, 4.69) is 33.2 Å². The molecule has 0 aliphatic carbocycles. The lowest BCUT2D eigenvalue weighted by molar-refractivity contribution is 0.147. The second-order valence-corrected chi connectivity index (χ2v) is 4.07. The van der Waals surface area contributed by atoms with Crippen molar-refractivity contribution in [3.63, 3.8) is 0 Å². The van der Waals surface area contributed by atoms with Crippen LogP contribution in [0.1, 0.15) is 25.6 Å². The highest BCUT2D eigenvalue weighted by Crippen LogP contribution is 2.12. The largest absolute Gasteiger partial charge is 0.380 e. The van der Waals surface area contributed by atoms with Gasteiger partial charge in [0.1, 0.15) is 4.60 Å². The number of hydrogen-bond donors (Lipinski definition) is 1. The molecule has 1 N–H and O–H groups in total. The first-order valence-electron chi connectivity index (χ1n) is 5.17. The first-order chi connectivity index (χ1) is 7.24. The summed E-state index contributed by atoms with van der Waals surface area (Å²) in [5.41, 5.74) is 1.04. The Bertz CT molecular complexity index is 294. The van der Waals surface area contributed by atoms with Crippen LogP contribution in [0.5, 0.6) is 0 Å². The molecule has 0 aliphatic rings. The van der Waals surface area contributed by atoms with E-state index in [0.717, 1.165) is 30.1 Å². The van der Waals surface area contributed by atoms with Gasteiger partial charge in [-0.15, -0.1) is 0 Å². The number of pyridine rings is 1. The zero-order chi connectivity index (χ0) is 11.1. The van der Waals surface area contributed by atoms with Crippen molar-refractivity contribution in [1.82, 2.24) is 10.3 Å². The molecule has 0 fully saturated rings. The minimum absolute atomic E-state index is 0.253. The van der Waals surface area contributed by atoms with E-state index in [4.69, 9.17) is 4.74 Å². The quantitative estimate of drug-likeness (QED) is 0.639. The number of ether oxygens (including phenoxy) is 1. The summed E-state index contributed by atoms with van der Waals surface area (Å²) in [5.74, 6) is 0. The summed E-state index contributed by atoms with van der Waals surface area (Å²) in [6.07, 6.45) is 0. The Morgan fingerprint density at radius 1 is 1.53 bits per heavy atom. The van der Waals surface area contributed by atoms with Crippen molar-refractivity contribution in [2.75, 3.05) is 19.8 Å². The fraction of sp³-hybridized carbons (Fsp3) is 0.545. The predicted molar refractivity (Wildman–Crippen MR) is 64.8 cm³/mol. The average Bonchev–Trinajstić information content (AvgIpc) is 2.24. The molecule has 1 aromatic rings. The van der Waals surface area contributed by atoms with Gasteiger partial charge in [0.2, 0.25) is 0 Å². The second-order valence-electron chi connectivity index (χ2n) is 3.26. The number of hydrogen-bond acceptors (Lipinski definition) is 3. The van der Waals surface area contributed by atoms with Crippen LogP contribution in [0.4, 0.5) is 0 Å². The standard InChI is InChI=1S/C11H17BrN2O/c1-3-15-8-7-13-9(2)10-5-4-6-11(12)14-10/h4-6,9,13H,3,7-8H2,1-2H3/t9-/m0/s1. The van der Waals surface area contributed by atoms with Crippen molar-refractivity contribution >= 4 is 15.9 Å². The third-order valence-corrected chi connectivity index (χ3v) is 2.52. The van der Waals surface area contributed by atoms with Gasteiger partial charge in [0.05, 0.1) is 12.3 Å². The Kier molecular flexibility index (Phi) is 5.83. The van der Waals surface area contributed by atoms with E-state index in [1.165, 1.54) is 0 Å². The SMILES string of the molecule is CCOCCN[C@@H](C)c1cccc(Br)n1. The third kappa shape index (κ3) is 4.73. The molecule has 4 heteroatoms. The molecule has 0 aromatic carbocycles. The summed E-state index contributed by atoms with van der Waals surface area (Å²) >= 11 is 3.36. The van der Waals surface area contributed by atoms with Crippen LogP contribution in [0, 0.1) is 0 Å². The lowest BCUT2D eigenvalue weighted by atomic mass is 10.2. The van der Waals surface area contributed by atoms with E-state index in [1.54, 1.807) is 0 Å². The van der Waals surface area contributed by atoms with Gasteiger partial charge in [-0.25, -0.2) is 4.98 Å². The Morgan fingerprint density at radius 2 is 2.33 bits per heavy atom. The van der Waals surface area contributed by atoms with E-state index in [-0.39, 0.29) is 6.04 Å². The highest BCUT2D eigenvalue weighted by atomic mass is 79.9. The normalized spacial score (nSPS) is 12.7. The molecule has 0 saturated heterocycles. The Balaban J connectivity index is 2.36. The van der Waals surface area contributed by atoms with Gasteiger partial charge in [-0.3, -0.25) is 0 Å². The molecule has 0 amide bonds. The summed E-state index contributed by atoms with van der Waals surface area (Å²) in [5, 5.41) is 3.35. The first kappa shape index (κ1) is 12.6. The molecule has 0 unspecified atom stereocenters. The van der Waals surface area contributed by atoms with Crippen LogP contribution < -0.4 is 5.32 Å². The van der Waals surface area contributed by atoms with E-state index in [0.29, 0.717) is 0 Å². The number of nitrogens with one attached hydrogen (secondary N) is 1. The van der Waals surface area contributed by atoms with Gasteiger partial charge in [0, 0.05) is 19.2 Å². The van der Waals surface area contributed by atoms with Crippen molar-refractivity contribution in [1.29, 1.82) is 0 Å². The van der Waals surface area contributed by atoms with Crippen molar-refractivity contribution in [2.45, 2.75) is 19.9 Å². The summed E-state index contributed by atoms with van der Waals surface area (Å²) < 4.78 is 6.12. The molecule has 0 saturated carbocycles. The zero-order valence-corrected chi connectivity index (χ0v) is 10.8. The summed E-state index contributed by atoms with van der Waals surface area (Å²) in [6.45, 7) is 6.46. The minimum Gasteiger partial charge on any atom is -0.380 e. The number of halogens is 1. The maximum absolute atomic E-state index is 5.25. The molecule has 0 aliphatic heterocycles. The molecule has 0 bridgehead atoms. The molecule has 3 nitrogen and oxygen atoms in total. The highest BCUT2D eigenvalue weighted by Gasteiger charge is 2.05. The maximum Gasteiger partial charge on any atom is 0.106 e. The molecule has 84 valence electrons. The van der Waals surface area contributed by atoms with E-state index in [1.807, 2.05) is 25.1 Å². The molecule has 1 aromatic heterocycles. The summed E-state index contributed by atoms with van der Waals surface area (Å²) in [6, 6.07) is 6.19. The smallest absolute Gasteiger partial charge is 0.106 e. The summed E-state index contributed by atoms with van der Waals surface area (Å²) in [4.78, 5) is 4.39. The fourth-order valence-corrected chi connectivity index (χ4v) is 1.62. The van der Waals surface area contributed by atoms with Crippen molar-refractivity contribution in [3.05, 3.63) is 28.5 Å². The van der Waals surface area contributed by atoms with Gasteiger partial charge in [-0.05, 0) is 41.9 Å². The average molecular weight is 273 g/mol. The fourth-order valence-electron chi connectivity index (χ4n) is 1.26. The Morgan fingerprint density at radius 3 is 3.00 bits per heavy atom. The molecule has 15 heavy (non-hydrogen) atoms. The van der Waals surface area contributed by atoms with E-state index >= 15 is 0 Å². The van der Waals surface area contributed by atoms with Crippen molar-refractivity contribution < 1.29 is 4.74 Å². The van der Waals surface area contributed by atoms with Crippen molar-refractivity contribution in [2.24, 2.45) is 0 Å². The van der Waals surface area contributed by atoms with Gasteiger partial charge in [0.25, 0.3) is 0 Å². The van der Waals surface area contributed by atoms with Gasteiger partial charge in [0.15, 0.2) is 0 Å². The molecule has 1 heterocycles. The molecular formula is C11H17BrN2O. The van der Waals surface area contributed by atoms with E-state index < -0.39 is 0 Å². The zero-order valence-electron chi connectivity index (χ0n) is 9.16. The van der Waals surface area contributed by atoms with Crippen LogP contribution >= 0.6 is 15.9 Å². The van der Waals surface area contributed by atoms with Gasteiger partial charge in [-0.2, -0.15) is 0 Å². The number of rotatable bonds is 6. The van der Waals surface area contributed by atoms with Crippen LogP contribution in [0.3, 0.4) is 0 Å². The Hall–Kier alpha value is -0.450. The van der Waals surface area contributed by atoms with Crippen LogP contribution in [-0.4, -0.2) is 24.7 Å². The third-order valence-electron chi connectivity index (χ3n) is 2.08. The van der Waals surface area contributed by atoms with Gasteiger partial charge in [-0.1, -0.05) is 6.07 Å². The van der Waals surface area contributed by atoms with Gasteiger partial charge >= 0.3 is 0 Å². The monoisotopic (exact) mass is 272 g/mol. The van der Waals surface area contributed by atoms with E-state index in [9.17, 15) is 0 Å². The van der Waals surface area contributed by atoms with Gasteiger partial charge < -0.3 is 10.1 Å². The molecule has 1 rings (SSSR count). The molecular weight excluding hydrogens is 256 g/mol. The highest BCUT2D eigenvalue weighted by molar-refractivity contribution is 9.10. The van der Waals surface area contributed by atoms with Crippen LogP contribution in [0.2, 0.25) is 0 Å². The first-order valence-corrected chi connectivity index (χ1v) is 5.97. The van der Waals surface area contributed by atoms with Crippen molar-refractivity contribution in [3.8, 4) is 0 Å². The van der Waals surface area contributed by atoms with Crippen LogP contribution in [-0.2, 0) is 4.74 Å². The molecule has 1 atom stereocenters. The minimum atomic E-state index is 0.253. The molecule has 0 spiro atoms.